The fraction of sp³-hybridized carbons (Fsp3) is 0.143. The van der Waals surface area contributed by atoms with Gasteiger partial charge in [0.05, 0.1) is 5.39 Å². The largest absolute Gasteiger partial charge is 0.329 e. The van der Waals surface area contributed by atoms with Crippen LogP contribution in [0.15, 0.2) is 39.2 Å². The first-order valence-corrected chi connectivity index (χ1v) is 7.20. The molecular weight excluding hydrogens is 293 g/mol. The molecule has 0 aliphatic carbocycles. The molecule has 21 heavy (non-hydrogen) atoms. The van der Waals surface area contributed by atoms with Crippen LogP contribution < -0.4 is 17.0 Å². The minimum Gasteiger partial charge on any atom is -0.329 e. The number of rotatable bonds is 3. The highest BCUT2D eigenvalue weighted by Gasteiger charge is 2.14. The number of nitrogens with one attached hydrogen (secondary N) is 1. The number of fused-ring (bicyclic) bond motifs is 1. The molecule has 0 aliphatic heterocycles. The average molecular weight is 305 g/mol. The van der Waals surface area contributed by atoms with Crippen molar-refractivity contribution in [3.63, 3.8) is 0 Å². The fourth-order valence-electron chi connectivity index (χ4n) is 2.23. The van der Waals surface area contributed by atoms with Crippen LogP contribution in [0.4, 0.5) is 4.39 Å². The zero-order valence-corrected chi connectivity index (χ0v) is 11.7. The van der Waals surface area contributed by atoms with Gasteiger partial charge in [0.1, 0.15) is 10.6 Å². The number of aromatic amines is 1. The normalized spacial score (nSPS) is 11.1. The van der Waals surface area contributed by atoms with Gasteiger partial charge < -0.3 is 5.73 Å². The van der Waals surface area contributed by atoms with Gasteiger partial charge in [-0.3, -0.25) is 14.3 Å². The highest BCUT2D eigenvalue weighted by Crippen LogP contribution is 2.30. The molecule has 0 atom stereocenters. The van der Waals surface area contributed by atoms with E-state index >= 15 is 0 Å². The molecule has 7 heteroatoms. The van der Waals surface area contributed by atoms with Crippen molar-refractivity contribution >= 4 is 21.6 Å². The SMILES string of the molecule is NCCn1c(=O)[nH]c2scc(-c3ccc(F)cc3)c2c1=O. The standard InChI is InChI=1S/C14H12FN3O2S/c15-9-3-1-8(2-4-9)10-7-21-12-11(10)13(19)18(6-5-16)14(20)17-12/h1-4,7H,5-6,16H2,(H,17,20). The van der Waals surface area contributed by atoms with Gasteiger partial charge in [-0.1, -0.05) is 12.1 Å². The Morgan fingerprint density at radius 2 is 1.95 bits per heavy atom. The minimum absolute atomic E-state index is 0.156. The van der Waals surface area contributed by atoms with Crippen molar-refractivity contribution in [3.05, 3.63) is 56.3 Å². The van der Waals surface area contributed by atoms with E-state index in [4.69, 9.17) is 5.73 Å². The van der Waals surface area contributed by atoms with Gasteiger partial charge in [-0.15, -0.1) is 11.3 Å². The van der Waals surface area contributed by atoms with Gasteiger partial charge in [0.15, 0.2) is 0 Å². The highest BCUT2D eigenvalue weighted by atomic mass is 32.1. The molecule has 3 rings (SSSR count). The topological polar surface area (TPSA) is 80.9 Å². The first kappa shape index (κ1) is 13.7. The highest BCUT2D eigenvalue weighted by molar-refractivity contribution is 7.17. The Labute approximate surface area is 122 Å². The van der Waals surface area contributed by atoms with Crippen molar-refractivity contribution < 1.29 is 4.39 Å². The summed E-state index contributed by atoms with van der Waals surface area (Å²) < 4.78 is 14.1. The lowest BCUT2D eigenvalue weighted by molar-refractivity contribution is 0.628. The third-order valence-electron chi connectivity index (χ3n) is 3.22. The van der Waals surface area contributed by atoms with E-state index in [1.54, 1.807) is 17.5 Å². The molecule has 0 unspecified atom stereocenters. The van der Waals surface area contributed by atoms with Crippen molar-refractivity contribution in [1.82, 2.24) is 9.55 Å². The number of hydrogen-bond acceptors (Lipinski definition) is 4. The predicted octanol–water partition coefficient (Wildman–Crippen LogP) is 1.52. The summed E-state index contributed by atoms with van der Waals surface area (Å²) in [5.41, 5.74) is 6.00. The molecule has 1 aromatic carbocycles. The van der Waals surface area contributed by atoms with Gasteiger partial charge in [0, 0.05) is 24.0 Å². The number of hydrogen-bond donors (Lipinski definition) is 2. The first-order chi connectivity index (χ1) is 10.1. The Balaban J connectivity index is 2.30. The smallest absolute Gasteiger partial charge is 0.329 e. The van der Waals surface area contributed by atoms with E-state index in [0.29, 0.717) is 15.8 Å². The minimum atomic E-state index is -0.467. The van der Waals surface area contributed by atoms with Gasteiger partial charge in [-0.2, -0.15) is 0 Å². The van der Waals surface area contributed by atoms with Crippen LogP contribution in [0.1, 0.15) is 0 Å². The summed E-state index contributed by atoms with van der Waals surface area (Å²) >= 11 is 1.27. The average Bonchev–Trinajstić information content (AvgIpc) is 2.88. The van der Waals surface area contributed by atoms with Gasteiger partial charge in [-0.25, -0.2) is 9.18 Å². The van der Waals surface area contributed by atoms with E-state index in [1.165, 1.54) is 23.5 Å². The van der Waals surface area contributed by atoms with Crippen LogP contribution in [0.5, 0.6) is 0 Å². The lowest BCUT2D eigenvalue weighted by atomic mass is 10.1. The van der Waals surface area contributed by atoms with E-state index in [2.05, 4.69) is 4.98 Å². The summed E-state index contributed by atoms with van der Waals surface area (Å²) in [5.74, 6) is -0.341. The first-order valence-electron chi connectivity index (χ1n) is 6.32. The Bertz CT molecular complexity index is 909. The van der Waals surface area contributed by atoms with Crippen LogP contribution in [0.25, 0.3) is 21.3 Å². The van der Waals surface area contributed by atoms with Gasteiger partial charge >= 0.3 is 5.69 Å². The number of benzene rings is 1. The number of aromatic nitrogens is 2. The molecular formula is C14H12FN3O2S. The van der Waals surface area contributed by atoms with Crippen molar-refractivity contribution in [1.29, 1.82) is 0 Å². The van der Waals surface area contributed by atoms with Crippen LogP contribution in [0, 0.1) is 5.82 Å². The van der Waals surface area contributed by atoms with E-state index in [0.717, 1.165) is 10.1 Å². The summed E-state index contributed by atoms with van der Waals surface area (Å²) in [5, 5.41) is 2.21. The third-order valence-corrected chi connectivity index (χ3v) is 4.12. The van der Waals surface area contributed by atoms with Crippen molar-refractivity contribution in [2.75, 3.05) is 6.54 Å². The Morgan fingerprint density at radius 1 is 1.24 bits per heavy atom. The second-order valence-electron chi connectivity index (χ2n) is 4.54. The van der Waals surface area contributed by atoms with Crippen LogP contribution in [0.2, 0.25) is 0 Å². The summed E-state index contributed by atoms with van der Waals surface area (Å²) in [6, 6.07) is 5.88. The Kier molecular flexibility index (Phi) is 3.44. The van der Waals surface area contributed by atoms with Crippen molar-refractivity contribution in [2.24, 2.45) is 5.73 Å². The third kappa shape index (κ3) is 2.30. The molecule has 0 aliphatic rings. The zero-order chi connectivity index (χ0) is 15.0. The van der Waals surface area contributed by atoms with E-state index in [9.17, 15) is 14.0 Å². The van der Waals surface area contributed by atoms with Crippen LogP contribution in [-0.4, -0.2) is 16.1 Å². The van der Waals surface area contributed by atoms with Gasteiger partial charge in [0.25, 0.3) is 5.56 Å². The molecule has 2 aromatic heterocycles. The summed E-state index contributed by atoms with van der Waals surface area (Å²) in [4.78, 5) is 27.5. The number of nitrogens with zero attached hydrogens (tertiary/aromatic N) is 1. The molecule has 0 radical (unpaired) electrons. The molecule has 0 saturated carbocycles. The Hall–Kier alpha value is -2.25. The molecule has 3 N–H and O–H groups in total. The van der Waals surface area contributed by atoms with Gasteiger partial charge in [0.2, 0.25) is 0 Å². The second-order valence-corrected chi connectivity index (χ2v) is 5.42. The molecule has 0 fully saturated rings. The quantitative estimate of drug-likeness (QED) is 0.770. The molecule has 3 aromatic rings. The molecule has 108 valence electrons. The van der Waals surface area contributed by atoms with Crippen molar-refractivity contribution in [2.45, 2.75) is 6.54 Å². The number of H-pyrrole nitrogens is 1. The van der Waals surface area contributed by atoms with Crippen LogP contribution in [-0.2, 0) is 6.54 Å². The molecule has 0 bridgehead atoms. The molecule has 0 amide bonds. The maximum absolute atomic E-state index is 13.0. The number of halogens is 1. The maximum atomic E-state index is 13.0. The van der Waals surface area contributed by atoms with E-state index < -0.39 is 5.69 Å². The maximum Gasteiger partial charge on any atom is 0.329 e. The van der Waals surface area contributed by atoms with Crippen LogP contribution in [0.3, 0.4) is 0 Å². The molecule has 2 heterocycles. The Morgan fingerprint density at radius 3 is 2.62 bits per heavy atom. The number of nitrogens with two attached hydrogens (primary N) is 1. The van der Waals surface area contributed by atoms with E-state index in [-0.39, 0.29) is 24.5 Å². The fourth-order valence-corrected chi connectivity index (χ4v) is 3.18. The van der Waals surface area contributed by atoms with Crippen LogP contribution >= 0.6 is 11.3 Å². The molecule has 0 saturated heterocycles. The predicted molar refractivity (Wildman–Crippen MR) is 81.2 cm³/mol. The monoisotopic (exact) mass is 305 g/mol. The lowest BCUT2D eigenvalue weighted by Crippen LogP contribution is -2.36. The zero-order valence-electron chi connectivity index (χ0n) is 10.9. The van der Waals surface area contributed by atoms with E-state index in [1.807, 2.05) is 0 Å². The van der Waals surface area contributed by atoms with Gasteiger partial charge in [-0.05, 0) is 17.7 Å². The number of thiophene rings is 1. The summed E-state index contributed by atoms with van der Waals surface area (Å²) in [7, 11) is 0. The summed E-state index contributed by atoms with van der Waals surface area (Å²) in [6.07, 6.45) is 0. The second kappa shape index (κ2) is 5.27. The van der Waals surface area contributed by atoms with Crippen molar-refractivity contribution in [3.8, 4) is 11.1 Å². The summed E-state index contributed by atoms with van der Waals surface area (Å²) in [6.45, 7) is 0.354. The molecule has 0 spiro atoms. The molecule has 5 nitrogen and oxygen atoms in total. The lowest BCUT2D eigenvalue weighted by Gasteiger charge is -2.04.